The van der Waals surface area contributed by atoms with Crippen LogP contribution in [0.3, 0.4) is 0 Å². The van der Waals surface area contributed by atoms with Gasteiger partial charge < -0.3 is 10.1 Å². The molecule has 1 aliphatic rings. The third-order valence-electron chi connectivity index (χ3n) is 4.55. The number of ether oxygens (including phenoxy) is 1. The molecule has 1 unspecified atom stereocenters. The summed E-state index contributed by atoms with van der Waals surface area (Å²) in [5, 5.41) is 3.42. The van der Waals surface area contributed by atoms with Crippen molar-refractivity contribution in [3.05, 3.63) is 52.6 Å². The molecule has 0 bridgehead atoms. The maximum absolute atomic E-state index is 5.66. The number of aryl methyl sites for hydroxylation is 2. The van der Waals surface area contributed by atoms with Gasteiger partial charge in [0.05, 0.1) is 7.11 Å². The van der Waals surface area contributed by atoms with Crippen LogP contribution in [0.1, 0.15) is 34.7 Å². The van der Waals surface area contributed by atoms with Gasteiger partial charge in [0.25, 0.3) is 0 Å². The first-order valence-electron chi connectivity index (χ1n) is 7.60. The van der Waals surface area contributed by atoms with Crippen molar-refractivity contribution in [1.82, 2.24) is 5.32 Å². The Bertz CT molecular complexity index is 676. The number of nitrogens with one attached hydrogen (secondary N) is 1. The molecule has 0 saturated heterocycles. The molecule has 1 atom stereocenters. The van der Waals surface area contributed by atoms with Crippen LogP contribution in [0.25, 0.3) is 11.1 Å². The van der Waals surface area contributed by atoms with E-state index in [2.05, 4.69) is 49.5 Å². The lowest BCUT2D eigenvalue weighted by Gasteiger charge is -2.17. The molecule has 2 heteroatoms. The second-order valence-corrected chi connectivity index (χ2v) is 5.91. The largest absolute Gasteiger partial charge is 0.496 e. The van der Waals surface area contributed by atoms with E-state index in [-0.39, 0.29) is 0 Å². The SMILES string of the molecule is CNC1CCc2c(-c3c(C)cc(C)cc3OC)cccc21. The molecular formula is C19H23NO. The minimum atomic E-state index is 0.483. The van der Waals surface area contributed by atoms with Gasteiger partial charge in [-0.1, -0.05) is 24.3 Å². The highest BCUT2D eigenvalue weighted by Gasteiger charge is 2.25. The molecule has 0 amide bonds. The first-order valence-corrected chi connectivity index (χ1v) is 7.60. The van der Waals surface area contributed by atoms with E-state index in [1.165, 1.54) is 39.8 Å². The van der Waals surface area contributed by atoms with Crippen LogP contribution >= 0.6 is 0 Å². The number of benzene rings is 2. The Morgan fingerprint density at radius 2 is 2.00 bits per heavy atom. The van der Waals surface area contributed by atoms with Crippen molar-refractivity contribution in [2.24, 2.45) is 0 Å². The monoisotopic (exact) mass is 281 g/mol. The van der Waals surface area contributed by atoms with E-state index >= 15 is 0 Å². The van der Waals surface area contributed by atoms with Crippen LogP contribution in [-0.4, -0.2) is 14.2 Å². The van der Waals surface area contributed by atoms with Gasteiger partial charge >= 0.3 is 0 Å². The highest BCUT2D eigenvalue weighted by atomic mass is 16.5. The average molecular weight is 281 g/mol. The third kappa shape index (κ3) is 2.34. The van der Waals surface area contributed by atoms with E-state index in [0.717, 1.165) is 12.2 Å². The van der Waals surface area contributed by atoms with Crippen LogP contribution in [0.4, 0.5) is 0 Å². The van der Waals surface area contributed by atoms with E-state index < -0.39 is 0 Å². The summed E-state index contributed by atoms with van der Waals surface area (Å²) >= 11 is 0. The summed E-state index contributed by atoms with van der Waals surface area (Å²) in [5.41, 5.74) is 8.03. The van der Waals surface area contributed by atoms with Gasteiger partial charge in [-0.3, -0.25) is 0 Å². The zero-order valence-corrected chi connectivity index (χ0v) is 13.3. The summed E-state index contributed by atoms with van der Waals surface area (Å²) in [6.07, 6.45) is 2.31. The van der Waals surface area contributed by atoms with E-state index in [9.17, 15) is 0 Å². The zero-order valence-electron chi connectivity index (χ0n) is 13.3. The topological polar surface area (TPSA) is 21.3 Å². The fourth-order valence-electron chi connectivity index (χ4n) is 3.62. The predicted octanol–water partition coefficient (Wildman–Crippen LogP) is 4.19. The van der Waals surface area contributed by atoms with Crippen molar-refractivity contribution in [3.8, 4) is 16.9 Å². The first kappa shape index (κ1) is 14.2. The van der Waals surface area contributed by atoms with Gasteiger partial charge in [0.15, 0.2) is 0 Å². The minimum absolute atomic E-state index is 0.483. The standard InChI is InChI=1S/C19H23NO/c1-12-10-13(2)19(18(11-12)21-4)16-7-5-6-15-14(16)8-9-17(15)20-3/h5-7,10-11,17,20H,8-9H2,1-4H3. The van der Waals surface area contributed by atoms with Crippen LogP contribution in [0, 0.1) is 13.8 Å². The van der Waals surface area contributed by atoms with E-state index in [1.807, 2.05) is 7.05 Å². The smallest absolute Gasteiger partial charge is 0.127 e. The fourth-order valence-corrected chi connectivity index (χ4v) is 3.62. The molecule has 2 aromatic rings. The summed E-state index contributed by atoms with van der Waals surface area (Å²) in [6.45, 7) is 4.29. The summed E-state index contributed by atoms with van der Waals surface area (Å²) in [4.78, 5) is 0. The van der Waals surface area contributed by atoms with Crippen molar-refractivity contribution >= 4 is 0 Å². The Balaban J connectivity index is 2.21. The van der Waals surface area contributed by atoms with Crippen molar-refractivity contribution in [3.63, 3.8) is 0 Å². The Hall–Kier alpha value is -1.80. The Kier molecular flexibility index (Phi) is 3.73. The number of hydrogen-bond acceptors (Lipinski definition) is 2. The average Bonchev–Trinajstić information content (AvgIpc) is 2.89. The van der Waals surface area contributed by atoms with Gasteiger partial charge in [-0.15, -0.1) is 0 Å². The van der Waals surface area contributed by atoms with Crippen molar-refractivity contribution in [1.29, 1.82) is 0 Å². The minimum Gasteiger partial charge on any atom is -0.496 e. The normalized spacial score (nSPS) is 16.9. The zero-order chi connectivity index (χ0) is 15.0. The van der Waals surface area contributed by atoms with Gasteiger partial charge in [-0.25, -0.2) is 0 Å². The van der Waals surface area contributed by atoms with E-state index in [1.54, 1.807) is 7.11 Å². The number of fused-ring (bicyclic) bond motifs is 1. The highest BCUT2D eigenvalue weighted by molar-refractivity contribution is 5.78. The van der Waals surface area contributed by atoms with Crippen LogP contribution in [-0.2, 0) is 6.42 Å². The summed E-state index contributed by atoms with van der Waals surface area (Å²) in [6, 6.07) is 11.5. The number of methoxy groups -OCH3 is 1. The van der Waals surface area contributed by atoms with Gasteiger partial charge in [0, 0.05) is 11.6 Å². The molecule has 110 valence electrons. The van der Waals surface area contributed by atoms with E-state index in [0.29, 0.717) is 6.04 Å². The molecule has 2 nitrogen and oxygen atoms in total. The Morgan fingerprint density at radius 3 is 2.71 bits per heavy atom. The van der Waals surface area contributed by atoms with Crippen LogP contribution in [0.15, 0.2) is 30.3 Å². The number of hydrogen-bond donors (Lipinski definition) is 1. The van der Waals surface area contributed by atoms with Gasteiger partial charge in [-0.2, -0.15) is 0 Å². The molecule has 2 aromatic carbocycles. The van der Waals surface area contributed by atoms with Crippen LogP contribution in [0.2, 0.25) is 0 Å². The van der Waals surface area contributed by atoms with E-state index in [4.69, 9.17) is 4.74 Å². The molecular weight excluding hydrogens is 258 g/mol. The third-order valence-corrected chi connectivity index (χ3v) is 4.55. The lowest BCUT2D eigenvalue weighted by molar-refractivity contribution is 0.416. The molecule has 0 aromatic heterocycles. The second kappa shape index (κ2) is 5.53. The summed E-state index contributed by atoms with van der Waals surface area (Å²) in [5.74, 6) is 0.980. The van der Waals surface area contributed by atoms with Crippen molar-refractivity contribution in [2.45, 2.75) is 32.7 Å². The van der Waals surface area contributed by atoms with Crippen molar-refractivity contribution < 1.29 is 4.74 Å². The van der Waals surface area contributed by atoms with Gasteiger partial charge in [0.1, 0.15) is 5.75 Å². The molecule has 0 heterocycles. The molecule has 1 N–H and O–H groups in total. The molecule has 0 aliphatic heterocycles. The quantitative estimate of drug-likeness (QED) is 0.911. The Labute approximate surface area is 127 Å². The maximum Gasteiger partial charge on any atom is 0.127 e. The molecule has 0 saturated carbocycles. The molecule has 3 rings (SSSR count). The van der Waals surface area contributed by atoms with Gasteiger partial charge in [-0.05, 0) is 67.6 Å². The maximum atomic E-state index is 5.66. The molecule has 0 fully saturated rings. The fraction of sp³-hybridized carbons (Fsp3) is 0.368. The highest BCUT2D eigenvalue weighted by Crippen LogP contribution is 2.42. The lowest BCUT2D eigenvalue weighted by Crippen LogP contribution is -2.12. The van der Waals surface area contributed by atoms with Crippen LogP contribution in [0.5, 0.6) is 5.75 Å². The van der Waals surface area contributed by atoms with Crippen LogP contribution < -0.4 is 10.1 Å². The molecule has 0 spiro atoms. The molecule has 0 radical (unpaired) electrons. The number of rotatable bonds is 3. The van der Waals surface area contributed by atoms with Crippen molar-refractivity contribution in [2.75, 3.05) is 14.2 Å². The summed E-state index contributed by atoms with van der Waals surface area (Å²) < 4.78 is 5.66. The first-order chi connectivity index (χ1) is 10.2. The predicted molar refractivity (Wildman–Crippen MR) is 88.0 cm³/mol. The Morgan fingerprint density at radius 1 is 1.19 bits per heavy atom. The second-order valence-electron chi connectivity index (χ2n) is 5.91. The molecule has 21 heavy (non-hydrogen) atoms. The molecule has 1 aliphatic carbocycles. The lowest BCUT2D eigenvalue weighted by atomic mass is 9.92. The summed E-state index contributed by atoms with van der Waals surface area (Å²) in [7, 11) is 3.81. The van der Waals surface area contributed by atoms with Gasteiger partial charge in [0.2, 0.25) is 0 Å².